The monoisotopic (exact) mass is 431 g/mol. The Morgan fingerprint density at radius 3 is 2.41 bits per heavy atom. The van der Waals surface area contributed by atoms with E-state index >= 15 is 0 Å². The molecule has 27 heavy (non-hydrogen) atoms. The number of amides is 1. The minimum absolute atomic E-state index is 0. The lowest BCUT2D eigenvalue weighted by atomic mass is 10.1. The van der Waals surface area contributed by atoms with Gasteiger partial charge in [-0.15, -0.1) is 24.8 Å². The second kappa shape index (κ2) is 10.5. The van der Waals surface area contributed by atoms with E-state index in [-0.39, 0.29) is 30.7 Å². The molecule has 2 aromatic carbocycles. The van der Waals surface area contributed by atoms with Gasteiger partial charge in [0.05, 0.1) is 22.9 Å². The number of hydrogen-bond acceptors (Lipinski definition) is 4. The SMILES string of the molecule is CCOc1ccccc1N1CCN(C(=O)c2ccc(N)cc2Cl)CC1.Cl.Cl. The Kier molecular flexibility index (Phi) is 9.03. The Bertz CT molecular complexity index is 766. The van der Waals surface area contributed by atoms with Crippen molar-refractivity contribution in [1.82, 2.24) is 4.90 Å². The number of hydrogen-bond donors (Lipinski definition) is 1. The van der Waals surface area contributed by atoms with Gasteiger partial charge in [-0.2, -0.15) is 0 Å². The van der Waals surface area contributed by atoms with Crippen LogP contribution in [0.15, 0.2) is 42.5 Å². The number of benzene rings is 2. The van der Waals surface area contributed by atoms with Crippen molar-refractivity contribution in [2.45, 2.75) is 6.92 Å². The average Bonchev–Trinajstić information content (AvgIpc) is 2.62. The number of para-hydroxylation sites is 2. The Morgan fingerprint density at radius 2 is 1.78 bits per heavy atom. The van der Waals surface area contributed by atoms with Crippen molar-refractivity contribution in [3.05, 3.63) is 53.1 Å². The number of halogens is 3. The van der Waals surface area contributed by atoms with Gasteiger partial charge in [0.25, 0.3) is 5.91 Å². The second-order valence-corrected chi connectivity index (χ2v) is 6.33. The van der Waals surface area contributed by atoms with Crippen LogP contribution in [0.2, 0.25) is 5.02 Å². The first-order valence-electron chi connectivity index (χ1n) is 8.41. The van der Waals surface area contributed by atoms with Crippen LogP contribution in [0.4, 0.5) is 11.4 Å². The number of ether oxygens (including phenoxy) is 1. The highest BCUT2D eigenvalue weighted by Crippen LogP contribution is 2.29. The van der Waals surface area contributed by atoms with Gasteiger partial charge in [-0.25, -0.2) is 0 Å². The van der Waals surface area contributed by atoms with E-state index < -0.39 is 0 Å². The van der Waals surface area contributed by atoms with Crippen molar-refractivity contribution >= 4 is 53.7 Å². The van der Waals surface area contributed by atoms with Crippen molar-refractivity contribution < 1.29 is 9.53 Å². The summed E-state index contributed by atoms with van der Waals surface area (Å²) in [6.07, 6.45) is 0. The van der Waals surface area contributed by atoms with Crippen LogP contribution in [0.1, 0.15) is 17.3 Å². The molecule has 1 heterocycles. The highest BCUT2D eigenvalue weighted by molar-refractivity contribution is 6.34. The molecule has 2 aromatic rings. The topological polar surface area (TPSA) is 58.8 Å². The lowest BCUT2D eigenvalue weighted by molar-refractivity contribution is 0.0747. The summed E-state index contributed by atoms with van der Waals surface area (Å²) in [5, 5.41) is 0.397. The zero-order valence-electron chi connectivity index (χ0n) is 15.1. The number of nitrogens with two attached hydrogens (primary N) is 1. The third-order valence-electron chi connectivity index (χ3n) is 4.30. The highest BCUT2D eigenvalue weighted by atomic mass is 35.5. The molecule has 1 amide bonds. The maximum Gasteiger partial charge on any atom is 0.255 e. The first-order chi connectivity index (χ1) is 12.1. The van der Waals surface area contributed by atoms with Gasteiger partial charge >= 0.3 is 0 Å². The average molecular weight is 433 g/mol. The summed E-state index contributed by atoms with van der Waals surface area (Å²) in [6, 6.07) is 13.0. The molecule has 0 atom stereocenters. The first-order valence-corrected chi connectivity index (χ1v) is 8.79. The highest BCUT2D eigenvalue weighted by Gasteiger charge is 2.24. The largest absolute Gasteiger partial charge is 0.492 e. The summed E-state index contributed by atoms with van der Waals surface area (Å²) in [6.45, 7) is 5.39. The minimum atomic E-state index is -0.0530. The normalized spacial score (nSPS) is 13.4. The van der Waals surface area contributed by atoms with E-state index in [1.165, 1.54) is 0 Å². The van der Waals surface area contributed by atoms with Gasteiger partial charge in [-0.3, -0.25) is 4.79 Å². The van der Waals surface area contributed by atoms with Gasteiger partial charge in [0.2, 0.25) is 0 Å². The molecule has 1 fully saturated rings. The lowest BCUT2D eigenvalue weighted by Gasteiger charge is -2.36. The fourth-order valence-corrected chi connectivity index (χ4v) is 3.29. The molecule has 0 unspecified atom stereocenters. The Balaban J connectivity index is 0.00000182. The minimum Gasteiger partial charge on any atom is -0.492 e. The van der Waals surface area contributed by atoms with E-state index in [0.717, 1.165) is 24.5 Å². The van der Waals surface area contributed by atoms with E-state index in [4.69, 9.17) is 22.1 Å². The van der Waals surface area contributed by atoms with Crippen LogP contribution < -0.4 is 15.4 Å². The maximum atomic E-state index is 12.7. The van der Waals surface area contributed by atoms with Crippen LogP contribution in [0.5, 0.6) is 5.75 Å². The van der Waals surface area contributed by atoms with Crippen LogP contribution in [0.3, 0.4) is 0 Å². The van der Waals surface area contributed by atoms with E-state index in [9.17, 15) is 4.79 Å². The van der Waals surface area contributed by atoms with Gasteiger partial charge in [0.15, 0.2) is 0 Å². The van der Waals surface area contributed by atoms with E-state index in [1.54, 1.807) is 18.2 Å². The van der Waals surface area contributed by atoms with Crippen molar-refractivity contribution in [1.29, 1.82) is 0 Å². The third-order valence-corrected chi connectivity index (χ3v) is 4.61. The van der Waals surface area contributed by atoms with Crippen LogP contribution in [0.25, 0.3) is 0 Å². The van der Waals surface area contributed by atoms with Crippen molar-refractivity contribution in [3.63, 3.8) is 0 Å². The first kappa shape index (κ1) is 23.2. The summed E-state index contributed by atoms with van der Waals surface area (Å²) in [4.78, 5) is 16.8. The molecular weight excluding hydrogens is 409 g/mol. The van der Waals surface area contributed by atoms with Crippen LogP contribution in [0, 0.1) is 0 Å². The number of piperazine rings is 1. The maximum absolute atomic E-state index is 12.7. The Labute approximate surface area is 177 Å². The fraction of sp³-hybridized carbons (Fsp3) is 0.316. The molecule has 0 spiro atoms. The number of carbonyl (C=O) groups is 1. The fourth-order valence-electron chi connectivity index (χ4n) is 3.02. The predicted octanol–water partition coefficient (Wildman–Crippen LogP) is 4.13. The van der Waals surface area contributed by atoms with E-state index in [1.807, 2.05) is 30.0 Å². The third kappa shape index (κ3) is 5.34. The molecule has 1 saturated heterocycles. The predicted molar refractivity (Wildman–Crippen MR) is 116 cm³/mol. The molecule has 0 aromatic heterocycles. The number of anilines is 2. The number of carbonyl (C=O) groups excluding carboxylic acids is 1. The Hall–Kier alpha value is -1.82. The van der Waals surface area contributed by atoms with E-state index in [0.29, 0.717) is 36.0 Å². The summed E-state index contributed by atoms with van der Waals surface area (Å²) in [5.41, 5.74) is 7.82. The summed E-state index contributed by atoms with van der Waals surface area (Å²) in [7, 11) is 0. The molecule has 5 nitrogen and oxygen atoms in total. The molecular formula is C19H24Cl3N3O2. The molecule has 1 aliphatic heterocycles. The molecule has 2 N–H and O–H groups in total. The number of rotatable bonds is 4. The molecule has 1 aliphatic rings. The zero-order chi connectivity index (χ0) is 17.8. The zero-order valence-corrected chi connectivity index (χ0v) is 17.4. The lowest BCUT2D eigenvalue weighted by Crippen LogP contribution is -2.49. The summed E-state index contributed by atoms with van der Waals surface area (Å²) >= 11 is 6.17. The van der Waals surface area contributed by atoms with Gasteiger partial charge in [-0.05, 0) is 37.3 Å². The quantitative estimate of drug-likeness (QED) is 0.738. The van der Waals surface area contributed by atoms with Gasteiger partial charge < -0.3 is 20.3 Å². The molecule has 148 valence electrons. The van der Waals surface area contributed by atoms with Gasteiger partial charge in [0, 0.05) is 31.9 Å². The van der Waals surface area contributed by atoms with Crippen molar-refractivity contribution in [2.75, 3.05) is 43.4 Å². The van der Waals surface area contributed by atoms with Crippen molar-refractivity contribution in [2.24, 2.45) is 0 Å². The Morgan fingerprint density at radius 1 is 1.11 bits per heavy atom. The number of nitrogens with zero attached hydrogens (tertiary/aromatic N) is 2. The van der Waals surface area contributed by atoms with E-state index in [2.05, 4.69) is 11.0 Å². The van der Waals surface area contributed by atoms with Gasteiger partial charge in [-0.1, -0.05) is 23.7 Å². The van der Waals surface area contributed by atoms with Crippen LogP contribution >= 0.6 is 36.4 Å². The molecule has 0 saturated carbocycles. The molecule has 0 aliphatic carbocycles. The standard InChI is InChI=1S/C19H22ClN3O2.2ClH/c1-2-25-18-6-4-3-5-17(18)22-9-11-23(12-10-22)19(24)15-8-7-14(21)13-16(15)20;;/h3-8,13H,2,9-12,21H2,1H3;2*1H. The number of nitrogen functional groups attached to an aromatic ring is 1. The summed E-state index contributed by atoms with van der Waals surface area (Å²) in [5.74, 6) is 0.828. The second-order valence-electron chi connectivity index (χ2n) is 5.92. The van der Waals surface area contributed by atoms with Crippen LogP contribution in [-0.4, -0.2) is 43.6 Å². The summed E-state index contributed by atoms with van der Waals surface area (Å²) < 4.78 is 5.71. The molecule has 0 radical (unpaired) electrons. The molecule has 0 bridgehead atoms. The molecule has 8 heteroatoms. The van der Waals surface area contributed by atoms with Gasteiger partial charge in [0.1, 0.15) is 5.75 Å². The van der Waals surface area contributed by atoms with Crippen LogP contribution in [-0.2, 0) is 0 Å². The molecule has 3 rings (SSSR count). The smallest absolute Gasteiger partial charge is 0.255 e. The van der Waals surface area contributed by atoms with Crippen molar-refractivity contribution in [3.8, 4) is 5.75 Å².